The lowest BCUT2D eigenvalue weighted by molar-refractivity contribution is -0.123. The molecule has 0 aliphatic carbocycles. The van der Waals surface area contributed by atoms with Crippen LogP contribution in [0.4, 0.5) is 0 Å². The maximum absolute atomic E-state index is 11.8. The molecule has 2 aromatic carbocycles. The third-order valence-corrected chi connectivity index (χ3v) is 4.43. The molecule has 0 saturated carbocycles. The van der Waals surface area contributed by atoms with Crippen molar-refractivity contribution in [3.8, 4) is 11.5 Å². The number of carbonyl (C=O) groups excluding carboxylic acids is 1. The van der Waals surface area contributed by atoms with Gasteiger partial charge in [0.05, 0.1) is 5.01 Å². The highest BCUT2D eigenvalue weighted by atomic mass is 32.1. The maximum Gasteiger partial charge on any atom is 0.257 e. The summed E-state index contributed by atoms with van der Waals surface area (Å²) in [5, 5.41) is 5.75. The number of amides is 1. The molecule has 5 nitrogen and oxygen atoms in total. The minimum absolute atomic E-state index is 0.0118. The second kappa shape index (κ2) is 9.58. The van der Waals surface area contributed by atoms with E-state index >= 15 is 0 Å². The summed E-state index contributed by atoms with van der Waals surface area (Å²) in [5.41, 5.74) is 1.11. The van der Waals surface area contributed by atoms with E-state index in [0.29, 0.717) is 18.9 Å². The van der Waals surface area contributed by atoms with Crippen LogP contribution in [0.15, 0.2) is 66.2 Å². The monoisotopic (exact) mass is 368 g/mol. The Hall–Kier alpha value is -2.86. The first-order valence-corrected chi connectivity index (χ1v) is 9.22. The van der Waals surface area contributed by atoms with Gasteiger partial charge in [-0.15, -0.1) is 11.3 Å². The number of nitrogens with one attached hydrogen (secondary N) is 1. The number of aromatic nitrogens is 1. The standard InChI is InChI=1S/C20H20N2O3S/c23-19(21-11-10-20-22-12-13-26-20)15-25-18-8-6-17(7-9-18)24-14-16-4-2-1-3-5-16/h1-9,12-13H,10-11,14-15H2,(H,21,23). The predicted octanol–water partition coefficient (Wildman–Crippen LogP) is 3.46. The van der Waals surface area contributed by atoms with Gasteiger partial charge in [-0.05, 0) is 29.8 Å². The van der Waals surface area contributed by atoms with Gasteiger partial charge in [0.1, 0.15) is 18.1 Å². The lowest BCUT2D eigenvalue weighted by Crippen LogP contribution is -2.30. The Morgan fingerprint density at radius 3 is 2.42 bits per heavy atom. The Bertz CT molecular complexity index is 790. The number of carbonyl (C=O) groups is 1. The fourth-order valence-corrected chi connectivity index (χ4v) is 2.88. The highest BCUT2D eigenvalue weighted by Crippen LogP contribution is 2.18. The SMILES string of the molecule is O=C(COc1ccc(OCc2ccccc2)cc1)NCCc1nccs1. The number of thiazole rings is 1. The lowest BCUT2D eigenvalue weighted by Gasteiger charge is -2.09. The van der Waals surface area contributed by atoms with Gasteiger partial charge in [0.2, 0.25) is 0 Å². The minimum Gasteiger partial charge on any atom is -0.489 e. The van der Waals surface area contributed by atoms with E-state index in [0.717, 1.165) is 22.7 Å². The van der Waals surface area contributed by atoms with Gasteiger partial charge in [-0.2, -0.15) is 0 Å². The molecule has 6 heteroatoms. The summed E-state index contributed by atoms with van der Waals surface area (Å²) >= 11 is 1.58. The van der Waals surface area contributed by atoms with Crippen LogP contribution in [-0.4, -0.2) is 24.0 Å². The average molecular weight is 368 g/mol. The molecule has 1 aromatic heterocycles. The van der Waals surface area contributed by atoms with Crippen molar-refractivity contribution in [2.75, 3.05) is 13.2 Å². The molecule has 1 amide bonds. The van der Waals surface area contributed by atoms with E-state index in [2.05, 4.69) is 10.3 Å². The summed E-state index contributed by atoms with van der Waals surface area (Å²) in [6, 6.07) is 17.2. The van der Waals surface area contributed by atoms with Crippen molar-refractivity contribution >= 4 is 17.2 Å². The third kappa shape index (κ3) is 5.89. The molecule has 0 unspecified atom stereocenters. The van der Waals surface area contributed by atoms with Crippen LogP contribution in [0.2, 0.25) is 0 Å². The van der Waals surface area contributed by atoms with Crippen molar-refractivity contribution in [1.29, 1.82) is 0 Å². The molecule has 1 N–H and O–H groups in total. The van der Waals surface area contributed by atoms with Crippen molar-refractivity contribution in [3.63, 3.8) is 0 Å². The number of hydrogen-bond acceptors (Lipinski definition) is 5. The van der Waals surface area contributed by atoms with Crippen molar-refractivity contribution in [1.82, 2.24) is 10.3 Å². The molecule has 134 valence electrons. The van der Waals surface area contributed by atoms with Crippen LogP contribution < -0.4 is 14.8 Å². The molecule has 0 aliphatic rings. The quantitative estimate of drug-likeness (QED) is 0.628. The highest BCUT2D eigenvalue weighted by molar-refractivity contribution is 7.09. The molecule has 0 bridgehead atoms. The number of hydrogen-bond donors (Lipinski definition) is 1. The summed E-state index contributed by atoms with van der Waals surface area (Å²) in [4.78, 5) is 16.0. The van der Waals surface area contributed by atoms with E-state index in [1.165, 1.54) is 0 Å². The molecular formula is C20H20N2O3S. The topological polar surface area (TPSA) is 60.5 Å². The first kappa shape index (κ1) is 17.9. The van der Waals surface area contributed by atoms with E-state index in [4.69, 9.17) is 9.47 Å². The van der Waals surface area contributed by atoms with Crippen LogP contribution in [-0.2, 0) is 17.8 Å². The van der Waals surface area contributed by atoms with Gasteiger partial charge in [-0.25, -0.2) is 4.98 Å². The highest BCUT2D eigenvalue weighted by Gasteiger charge is 2.04. The van der Waals surface area contributed by atoms with Gasteiger partial charge in [0.15, 0.2) is 6.61 Å². The Balaban J connectivity index is 1.36. The van der Waals surface area contributed by atoms with Crippen LogP contribution in [0.5, 0.6) is 11.5 Å². The molecule has 26 heavy (non-hydrogen) atoms. The summed E-state index contributed by atoms with van der Waals surface area (Å²) in [5.74, 6) is 1.24. The normalized spacial score (nSPS) is 10.3. The molecule has 0 fully saturated rings. The van der Waals surface area contributed by atoms with E-state index in [1.54, 1.807) is 29.7 Å². The molecule has 0 aliphatic heterocycles. The van der Waals surface area contributed by atoms with E-state index < -0.39 is 0 Å². The second-order valence-electron chi connectivity index (χ2n) is 5.56. The van der Waals surface area contributed by atoms with Crippen LogP contribution in [0.25, 0.3) is 0 Å². The fourth-order valence-electron chi connectivity index (χ4n) is 2.26. The van der Waals surface area contributed by atoms with Gasteiger partial charge < -0.3 is 14.8 Å². The van der Waals surface area contributed by atoms with Crippen LogP contribution in [0.3, 0.4) is 0 Å². The third-order valence-electron chi connectivity index (χ3n) is 3.59. The zero-order chi connectivity index (χ0) is 18.0. The number of ether oxygens (including phenoxy) is 2. The summed E-state index contributed by atoms with van der Waals surface area (Å²) in [7, 11) is 0. The Morgan fingerprint density at radius 1 is 1.00 bits per heavy atom. The van der Waals surface area contributed by atoms with Crippen LogP contribution >= 0.6 is 11.3 Å². The summed E-state index contributed by atoms with van der Waals surface area (Å²) in [6.45, 7) is 1.06. The summed E-state index contributed by atoms with van der Waals surface area (Å²) in [6.07, 6.45) is 2.50. The smallest absolute Gasteiger partial charge is 0.257 e. The zero-order valence-electron chi connectivity index (χ0n) is 14.3. The first-order valence-electron chi connectivity index (χ1n) is 8.34. The predicted molar refractivity (Wildman–Crippen MR) is 102 cm³/mol. The van der Waals surface area contributed by atoms with Gasteiger partial charge in [-0.3, -0.25) is 4.79 Å². The Kier molecular flexibility index (Phi) is 6.61. The van der Waals surface area contributed by atoms with Gasteiger partial charge >= 0.3 is 0 Å². The zero-order valence-corrected chi connectivity index (χ0v) is 15.1. The van der Waals surface area contributed by atoms with E-state index in [9.17, 15) is 4.79 Å². The van der Waals surface area contributed by atoms with Gasteiger partial charge in [0, 0.05) is 24.5 Å². The molecule has 3 rings (SSSR count). The van der Waals surface area contributed by atoms with Crippen LogP contribution in [0.1, 0.15) is 10.6 Å². The molecule has 0 atom stereocenters. The van der Waals surface area contributed by atoms with Crippen molar-refractivity contribution in [2.24, 2.45) is 0 Å². The fraction of sp³-hybridized carbons (Fsp3) is 0.200. The second-order valence-corrected chi connectivity index (χ2v) is 6.54. The van der Waals surface area contributed by atoms with E-state index in [-0.39, 0.29) is 12.5 Å². The number of nitrogens with zero attached hydrogens (tertiary/aromatic N) is 1. The van der Waals surface area contributed by atoms with Crippen molar-refractivity contribution < 1.29 is 14.3 Å². The number of benzene rings is 2. The molecular weight excluding hydrogens is 348 g/mol. The lowest BCUT2D eigenvalue weighted by atomic mass is 10.2. The largest absolute Gasteiger partial charge is 0.489 e. The Labute approximate surface area is 156 Å². The van der Waals surface area contributed by atoms with Gasteiger partial charge in [-0.1, -0.05) is 30.3 Å². The Morgan fingerprint density at radius 2 is 1.73 bits per heavy atom. The maximum atomic E-state index is 11.8. The molecule has 0 radical (unpaired) electrons. The van der Waals surface area contributed by atoms with Crippen molar-refractivity contribution in [3.05, 3.63) is 76.7 Å². The average Bonchev–Trinajstić information content (AvgIpc) is 3.20. The molecule has 0 spiro atoms. The number of rotatable bonds is 9. The van der Waals surface area contributed by atoms with Crippen molar-refractivity contribution in [2.45, 2.75) is 13.0 Å². The van der Waals surface area contributed by atoms with Crippen LogP contribution in [0, 0.1) is 0 Å². The minimum atomic E-state index is -0.147. The summed E-state index contributed by atoms with van der Waals surface area (Å²) < 4.78 is 11.2. The molecule has 3 aromatic rings. The molecule has 0 saturated heterocycles. The first-order chi connectivity index (χ1) is 12.8. The molecule has 1 heterocycles. The van der Waals surface area contributed by atoms with Gasteiger partial charge in [0.25, 0.3) is 5.91 Å². The van der Waals surface area contributed by atoms with E-state index in [1.807, 2.05) is 47.8 Å².